The van der Waals surface area contributed by atoms with Crippen molar-refractivity contribution in [2.75, 3.05) is 6.61 Å². The fraction of sp³-hybridized carbons (Fsp3) is 0.571. The maximum atomic E-state index is 11.3. The summed E-state index contributed by atoms with van der Waals surface area (Å²) in [5, 5.41) is 5.02. The molecule has 0 unspecified atom stereocenters. The molecule has 0 bridgehead atoms. The highest BCUT2D eigenvalue weighted by Gasteiger charge is 2.18. The molecule has 1 aromatic carbocycles. The number of halogens is 2. The van der Waals surface area contributed by atoms with Gasteiger partial charge < -0.3 is 4.74 Å². The summed E-state index contributed by atoms with van der Waals surface area (Å²) in [7, 11) is -3.88. The Hall–Kier alpha value is -0.490. The standard InChI is InChI=1S/C14H21Cl2NO3S/c1-2-3-4-5-6-7-10-20-11-8-9-12(21(17,18)19)14(16)13(11)15/h8-9H,2-7,10H2,1H3,(H2,17,18,19). The summed E-state index contributed by atoms with van der Waals surface area (Å²) in [6.45, 7) is 2.71. The summed E-state index contributed by atoms with van der Waals surface area (Å²) in [5.74, 6) is 0.377. The van der Waals surface area contributed by atoms with Crippen LogP contribution < -0.4 is 9.88 Å². The van der Waals surface area contributed by atoms with Crippen LogP contribution in [0.25, 0.3) is 0 Å². The second kappa shape index (κ2) is 8.83. The van der Waals surface area contributed by atoms with E-state index in [1.54, 1.807) is 0 Å². The van der Waals surface area contributed by atoms with Crippen LogP contribution in [0, 0.1) is 0 Å². The number of nitrogens with two attached hydrogens (primary N) is 1. The first-order valence-electron chi connectivity index (χ1n) is 7.01. The molecular formula is C14H21Cl2NO3S. The zero-order chi connectivity index (χ0) is 15.9. The smallest absolute Gasteiger partial charge is 0.239 e. The van der Waals surface area contributed by atoms with Crippen LogP contribution in [-0.2, 0) is 10.0 Å². The Balaban J connectivity index is 2.52. The lowest BCUT2D eigenvalue weighted by atomic mass is 10.1. The number of hydrogen-bond donors (Lipinski definition) is 1. The number of ether oxygens (including phenoxy) is 1. The minimum atomic E-state index is -3.88. The van der Waals surface area contributed by atoms with Gasteiger partial charge >= 0.3 is 0 Å². The summed E-state index contributed by atoms with van der Waals surface area (Å²) in [6.07, 6.45) is 6.94. The van der Waals surface area contributed by atoms with Gasteiger partial charge in [-0.25, -0.2) is 13.6 Å². The molecule has 0 atom stereocenters. The molecule has 0 aliphatic rings. The predicted molar refractivity (Wildman–Crippen MR) is 86.7 cm³/mol. The molecule has 0 aliphatic carbocycles. The van der Waals surface area contributed by atoms with Crippen molar-refractivity contribution in [3.8, 4) is 5.75 Å². The van der Waals surface area contributed by atoms with Crippen LogP contribution >= 0.6 is 23.2 Å². The van der Waals surface area contributed by atoms with E-state index in [4.69, 9.17) is 33.1 Å². The van der Waals surface area contributed by atoms with E-state index >= 15 is 0 Å². The lowest BCUT2D eigenvalue weighted by molar-refractivity contribution is 0.304. The molecule has 0 aromatic heterocycles. The van der Waals surface area contributed by atoms with Gasteiger partial charge in [0.05, 0.1) is 11.6 Å². The molecule has 1 rings (SSSR count). The molecule has 1 aromatic rings. The Morgan fingerprint density at radius 3 is 2.29 bits per heavy atom. The topological polar surface area (TPSA) is 69.4 Å². The molecule has 7 heteroatoms. The molecule has 2 N–H and O–H groups in total. The first-order valence-corrected chi connectivity index (χ1v) is 9.31. The highest BCUT2D eigenvalue weighted by atomic mass is 35.5. The zero-order valence-electron chi connectivity index (χ0n) is 12.1. The van der Waals surface area contributed by atoms with E-state index in [2.05, 4.69) is 6.92 Å². The van der Waals surface area contributed by atoms with Crippen molar-refractivity contribution in [1.29, 1.82) is 0 Å². The molecule has 0 fully saturated rings. The molecule has 0 heterocycles. The number of unbranched alkanes of at least 4 members (excludes halogenated alkanes) is 5. The lowest BCUT2D eigenvalue weighted by Crippen LogP contribution is -2.13. The van der Waals surface area contributed by atoms with Gasteiger partial charge in [0.1, 0.15) is 15.7 Å². The van der Waals surface area contributed by atoms with E-state index < -0.39 is 10.0 Å². The van der Waals surface area contributed by atoms with E-state index in [-0.39, 0.29) is 14.9 Å². The van der Waals surface area contributed by atoms with Crippen molar-refractivity contribution in [3.05, 3.63) is 22.2 Å². The molecule has 21 heavy (non-hydrogen) atoms. The largest absolute Gasteiger partial charge is 0.492 e. The molecular weight excluding hydrogens is 333 g/mol. The third kappa shape index (κ3) is 6.02. The predicted octanol–water partition coefficient (Wildman–Crippen LogP) is 4.38. The molecule has 0 saturated carbocycles. The molecule has 0 aliphatic heterocycles. The van der Waals surface area contributed by atoms with Gasteiger partial charge in [0.25, 0.3) is 0 Å². The van der Waals surface area contributed by atoms with Gasteiger partial charge in [0, 0.05) is 0 Å². The van der Waals surface area contributed by atoms with Crippen molar-refractivity contribution >= 4 is 33.2 Å². The molecule has 0 amide bonds. The van der Waals surface area contributed by atoms with E-state index in [0.717, 1.165) is 12.8 Å². The van der Waals surface area contributed by atoms with Crippen LogP contribution in [0.15, 0.2) is 17.0 Å². The Morgan fingerprint density at radius 1 is 1.05 bits per heavy atom. The third-order valence-corrected chi connectivity index (χ3v) is 5.00. The maximum Gasteiger partial charge on any atom is 0.239 e. The zero-order valence-corrected chi connectivity index (χ0v) is 14.4. The molecule has 0 spiro atoms. The number of hydrogen-bond acceptors (Lipinski definition) is 3. The van der Waals surface area contributed by atoms with Crippen LogP contribution in [-0.4, -0.2) is 15.0 Å². The molecule has 4 nitrogen and oxygen atoms in total. The fourth-order valence-corrected chi connectivity index (χ4v) is 3.27. The fourth-order valence-electron chi connectivity index (χ4n) is 1.91. The van der Waals surface area contributed by atoms with Gasteiger partial charge in [-0.05, 0) is 18.6 Å². The normalized spacial score (nSPS) is 11.6. The van der Waals surface area contributed by atoms with Gasteiger partial charge in [-0.15, -0.1) is 0 Å². The first-order chi connectivity index (χ1) is 9.88. The van der Waals surface area contributed by atoms with Crippen molar-refractivity contribution in [2.24, 2.45) is 5.14 Å². The highest BCUT2D eigenvalue weighted by Crippen LogP contribution is 2.36. The second-order valence-electron chi connectivity index (χ2n) is 4.85. The van der Waals surface area contributed by atoms with Crippen molar-refractivity contribution in [2.45, 2.75) is 50.3 Å². The van der Waals surface area contributed by atoms with Crippen LogP contribution in [0.2, 0.25) is 10.0 Å². The van der Waals surface area contributed by atoms with Gasteiger partial charge in [-0.1, -0.05) is 62.2 Å². The maximum absolute atomic E-state index is 11.3. The Kier molecular flexibility index (Phi) is 7.81. The van der Waals surface area contributed by atoms with E-state index in [1.807, 2.05) is 0 Å². The van der Waals surface area contributed by atoms with Gasteiger partial charge in [0.15, 0.2) is 0 Å². The van der Waals surface area contributed by atoms with Gasteiger partial charge in [0.2, 0.25) is 10.0 Å². The summed E-state index contributed by atoms with van der Waals surface area (Å²) < 4.78 is 28.1. The number of primary sulfonamides is 1. The molecule has 0 radical (unpaired) electrons. The Labute approximate surface area is 136 Å². The Bertz CT molecular complexity index is 562. The first kappa shape index (κ1) is 18.6. The van der Waals surface area contributed by atoms with Crippen LogP contribution in [0.4, 0.5) is 0 Å². The summed E-state index contributed by atoms with van der Waals surface area (Å²) in [5.41, 5.74) is 0. The summed E-state index contributed by atoms with van der Waals surface area (Å²) in [4.78, 5) is -0.193. The highest BCUT2D eigenvalue weighted by molar-refractivity contribution is 7.89. The number of rotatable bonds is 9. The molecule has 120 valence electrons. The average Bonchev–Trinajstić information content (AvgIpc) is 2.41. The minimum absolute atomic E-state index is 0.0779. The third-order valence-electron chi connectivity index (χ3n) is 3.07. The summed E-state index contributed by atoms with van der Waals surface area (Å²) in [6, 6.07) is 2.78. The Morgan fingerprint density at radius 2 is 1.67 bits per heavy atom. The number of benzene rings is 1. The number of sulfonamides is 1. The quantitative estimate of drug-likeness (QED) is 0.669. The SMILES string of the molecule is CCCCCCCCOc1ccc(S(N)(=O)=O)c(Cl)c1Cl. The minimum Gasteiger partial charge on any atom is -0.492 e. The van der Waals surface area contributed by atoms with Crippen LogP contribution in [0.5, 0.6) is 5.75 Å². The van der Waals surface area contributed by atoms with E-state index in [0.29, 0.717) is 12.4 Å². The lowest BCUT2D eigenvalue weighted by Gasteiger charge is -2.11. The van der Waals surface area contributed by atoms with Gasteiger partial charge in [-0.3, -0.25) is 0 Å². The van der Waals surface area contributed by atoms with E-state index in [9.17, 15) is 8.42 Å². The summed E-state index contributed by atoms with van der Waals surface area (Å²) >= 11 is 11.9. The van der Waals surface area contributed by atoms with Crippen molar-refractivity contribution in [3.63, 3.8) is 0 Å². The second-order valence-corrected chi connectivity index (χ2v) is 7.14. The van der Waals surface area contributed by atoms with Crippen LogP contribution in [0.3, 0.4) is 0 Å². The monoisotopic (exact) mass is 353 g/mol. The molecule has 0 saturated heterocycles. The van der Waals surface area contributed by atoms with Crippen molar-refractivity contribution in [1.82, 2.24) is 0 Å². The van der Waals surface area contributed by atoms with E-state index in [1.165, 1.54) is 37.8 Å². The van der Waals surface area contributed by atoms with Crippen molar-refractivity contribution < 1.29 is 13.2 Å². The van der Waals surface area contributed by atoms with Crippen LogP contribution in [0.1, 0.15) is 45.4 Å². The van der Waals surface area contributed by atoms with Gasteiger partial charge in [-0.2, -0.15) is 0 Å². The average molecular weight is 354 g/mol.